The molecule has 0 bridgehead atoms. The Balaban J connectivity index is 1.36. The van der Waals surface area contributed by atoms with Crippen LogP contribution in [0.1, 0.15) is 52.5 Å². The fourth-order valence-electron chi connectivity index (χ4n) is 5.31. The topological polar surface area (TPSA) is 72.3 Å². The Morgan fingerprint density at radius 2 is 1.71 bits per heavy atom. The van der Waals surface area contributed by atoms with E-state index in [-0.39, 0.29) is 23.5 Å². The van der Waals surface area contributed by atoms with E-state index in [1.165, 1.54) is 11.1 Å². The second kappa shape index (κ2) is 9.61. The first-order valence-corrected chi connectivity index (χ1v) is 14.3. The molecule has 35 heavy (non-hydrogen) atoms. The van der Waals surface area contributed by atoms with Gasteiger partial charge in [0.25, 0.3) is 5.91 Å². The van der Waals surface area contributed by atoms with Crippen molar-refractivity contribution >= 4 is 15.7 Å². The molecule has 2 fully saturated rings. The summed E-state index contributed by atoms with van der Waals surface area (Å²) >= 11 is 0. The van der Waals surface area contributed by atoms with E-state index in [1.54, 1.807) is 4.68 Å². The van der Waals surface area contributed by atoms with Gasteiger partial charge in [-0.05, 0) is 74.3 Å². The predicted molar refractivity (Wildman–Crippen MR) is 138 cm³/mol. The minimum Gasteiger partial charge on any atom is -0.337 e. The van der Waals surface area contributed by atoms with Gasteiger partial charge in [-0.15, -0.1) is 0 Å². The molecular formula is C28H33N3O3S. The molecule has 3 aromatic rings. The first-order chi connectivity index (χ1) is 16.8. The van der Waals surface area contributed by atoms with Gasteiger partial charge in [-0.3, -0.25) is 9.48 Å². The first kappa shape index (κ1) is 23.8. The Kier molecular flexibility index (Phi) is 6.53. The monoisotopic (exact) mass is 491 g/mol. The molecule has 6 nitrogen and oxygen atoms in total. The van der Waals surface area contributed by atoms with Crippen LogP contribution in [0.25, 0.3) is 11.3 Å². The number of benzene rings is 2. The number of nitrogens with zero attached hydrogens (tertiary/aromatic N) is 3. The fourth-order valence-corrected chi connectivity index (χ4v) is 7.00. The summed E-state index contributed by atoms with van der Waals surface area (Å²) in [6, 6.07) is 18.3. The summed E-state index contributed by atoms with van der Waals surface area (Å²) in [5.41, 5.74) is 5.88. The van der Waals surface area contributed by atoms with Crippen molar-refractivity contribution in [2.45, 2.75) is 45.6 Å². The second-order valence-corrected chi connectivity index (χ2v) is 12.4. The van der Waals surface area contributed by atoms with Gasteiger partial charge in [-0.1, -0.05) is 42.5 Å². The lowest BCUT2D eigenvalue weighted by Gasteiger charge is -2.31. The van der Waals surface area contributed by atoms with Gasteiger partial charge in [0.05, 0.1) is 23.2 Å². The molecule has 0 radical (unpaired) electrons. The largest absolute Gasteiger partial charge is 0.337 e. The van der Waals surface area contributed by atoms with E-state index in [0.29, 0.717) is 18.0 Å². The number of aryl methyl sites for hydroxylation is 2. The molecule has 2 saturated heterocycles. The molecule has 5 rings (SSSR count). The van der Waals surface area contributed by atoms with Crippen LogP contribution in [0, 0.1) is 19.8 Å². The van der Waals surface area contributed by atoms with Crippen molar-refractivity contribution in [3.05, 3.63) is 77.0 Å². The molecule has 1 aromatic heterocycles. The standard InChI is InChI=1S/C28H33N3O3S/c1-20-8-9-24(16-21(20)2)27-18-26(29-31(27)25-12-15-35(33,34)19-25)28(32)30-13-10-23(11-14-30)17-22-6-4-3-5-7-22/h3-9,16,18,23,25H,10-15,17,19H2,1-2H3/t25-/m0/s1. The number of carbonyl (C=O) groups is 1. The van der Waals surface area contributed by atoms with Crippen molar-refractivity contribution in [2.75, 3.05) is 24.6 Å². The summed E-state index contributed by atoms with van der Waals surface area (Å²) in [6.07, 6.45) is 3.53. The summed E-state index contributed by atoms with van der Waals surface area (Å²) in [4.78, 5) is 15.4. The van der Waals surface area contributed by atoms with Crippen molar-refractivity contribution in [1.29, 1.82) is 0 Å². The lowest BCUT2D eigenvalue weighted by Crippen LogP contribution is -2.39. The van der Waals surface area contributed by atoms with E-state index in [9.17, 15) is 13.2 Å². The maximum Gasteiger partial charge on any atom is 0.274 e. The number of hydrogen-bond acceptors (Lipinski definition) is 4. The van der Waals surface area contributed by atoms with Crippen LogP contribution >= 0.6 is 0 Å². The van der Waals surface area contributed by atoms with Crippen molar-refractivity contribution in [3.8, 4) is 11.3 Å². The zero-order valence-electron chi connectivity index (χ0n) is 20.5. The van der Waals surface area contributed by atoms with Crippen LogP contribution in [-0.4, -0.2) is 53.6 Å². The summed E-state index contributed by atoms with van der Waals surface area (Å²) < 4.78 is 26.2. The van der Waals surface area contributed by atoms with Crippen molar-refractivity contribution < 1.29 is 13.2 Å². The van der Waals surface area contributed by atoms with Crippen LogP contribution in [0.15, 0.2) is 54.6 Å². The molecule has 7 heteroatoms. The Morgan fingerprint density at radius 3 is 2.37 bits per heavy atom. The lowest BCUT2D eigenvalue weighted by molar-refractivity contribution is 0.0683. The summed E-state index contributed by atoms with van der Waals surface area (Å²) in [5.74, 6) is 0.759. The molecule has 184 valence electrons. The normalized spacial score (nSPS) is 20.3. The number of sulfone groups is 1. The highest BCUT2D eigenvalue weighted by Gasteiger charge is 2.33. The zero-order valence-corrected chi connectivity index (χ0v) is 21.3. The van der Waals surface area contributed by atoms with Gasteiger partial charge in [0, 0.05) is 18.7 Å². The Hall–Kier alpha value is -2.93. The first-order valence-electron chi connectivity index (χ1n) is 12.5. The Bertz CT molecular complexity index is 1320. The van der Waals surface area contributed by atoms with Crippen molar-refractivity contribution in [2.24, 2.45) is 5.92 Å². The molecule has 0 spiro atoms. The SMILES string of the molecule is Cc1ccc(-c2cc(C(=O)N3CCC(Cc4ccccc4)CC3)nn2[C@H]2CCS(=O)(=O)C2)cc1C. The number of likely N-dealkylation sites (tertiary alicyclic amines) is 1. The molecule has 0 aliphatic carbocycles. The van der Waals surface area contributed by atoms with E-state index in [0.717, 1.165) is 49.2 Å². The van der Waals surface area contributed by atoms with Crippen LogP contribution in [0.5, 0.6) is 0 Å². The molecule has 1 atom stereocenters. The highest BCUT2D eigenvalue weighted by atomic mass is 32.2. The third-order valence-electron chi connectivity index (χ3n) is 7.58. The predicted octanol–water partition coefficient (Wildman–Crippen LogP) is 4.62. The summed E-state index contributed by atoms with van der Waals surface area (Å²) in [5, 5.41) is 4.71. The van der Waals surface area contributed by atoms with E-state index in [2.05, 4.69) is 50.2 Å². The molecule has 2 aromatic carbocycles. The van der Waals surface area contributed by atoms with Crippen LogP contribution in [-0.2, 0) is 16.3 Å². The molecule has 2 aliphatic heterocycles. The number of carbonyl (C=O) groups excluding carboxylic acids is 1. The number of piperidine rings is 1. The van der Waals surface area contributed by atoms with Crippen LogP contribution < -0.4 is 0 Å². The van der Waals surface area contributed by atoms with Crippen molar-refractivity contribution in [1.82, 2.24) is 14.7 Å². The maximum atomic E-state index is 13.5. The highest BCUT2D eigenvalue weighted by molar-refractivity contribution is 7.91. The third kappa shape index (κ3) is 5.20. The number of amides is 1. The van der Waals surface area contributed by atoms with Gasteiger partial charge in [0.15, 0.2) is 15.5 Å². The molecule has 0 N–H and O–H groups in total. The lowest BCUT2D eigenvalue weighted by atomic mass is 9.90. The number of hydrogen-bond donors (Lipinski definition) is 0. The van der Waals surface area contributed by atoms with Crippen LogP contribution in [0.3, 0.4) is 0 Å². The number of rotatable bonds is 5. The van der Waals surface area contributed by atoms with Gasteiger partial charge in [0.2, 0.25) is 0 Å². The Morgan fingerprint density at radius 1 is 0.971 bits per heavy atom. The summed E-state index contributed by atoms with van der Waals surface area (Å²) in [6.45, 7) is 5.57. The fraction of sp³-hybridized carbons (Fsp3) is 0.429. The molecule has 2 aliphatic rings. The quantitative estimate of drug-likeness (QED) is 0.522. The van der Waals surface area contributed by atoms with Gasteiger partial charge in [-0.2, -0.15) is 5.10 Å². The highest BCUT2D eigenvalue weighted by Crippen LogP contribution is 2.32. The van der Waals surface area contributed by atoms with Crippen LogP contribution in [0.2, 0.25) is 0 Å². The average Bonchev–Trinajstić information content (AvgIpc) is 3.45. The number of aromatic nitrogens is 2. The van der Waals surface area contributed by atoms with E-state index >= 15 is 0 Å². The van der Waals surface area contributed by atoms with Gasteiger partial charge in [0.1, 0.15) is 0 Å². The molecular weight excluding hydrogens is 458 g/mol. The molecule has 1 amide bonds. The van der Waals surface area contributed by atoms with Gasteiger partial charge in [-0.25, -0.2) is 8.42 Å². The smallest absolute Gasteiger partial charge is 0.274 e. The summed E-state index contributed by atoms with van der Waals surface area (Å²) in [7, 11) is -3.08. The third-order valence-corrected chi connectivity index (χ3v) is 9.33. The average molecular weight is 492 g/mol. The molecule has 3 heterocycles. The minimum absolute atomic E-state index is 0.0622. The van der Waals surface area contributed by atoms with E-state index in [4.69, 9.17) is 5.10 Å². The molecule has 0 saturated carbocycles. The van der Waals surface area contributed by atoms with Crippen molar-refractivity contribution in [3.63, 3.8) is 0 Å². The molecule has 0 unspecified atom stereocenters. The van der Waals surface area contributed by atoms with E-state index < -0.39 is 9.84 Å². The van der Waals surface area contributed by atoms with Crippen LogP contribution in [0.4, 0.5) is 0 Å². The van der Waals surface area contributed by atoms with Gasteiger partial charge >= 0.3 is 0 Å². The minimum atomic E-state index is -3.08. The zero-order chi connectivity index (χ0) is 24.6. The van der Waals surface area contributed by atoms with Gasteiger partial charge < -0.3 is 4.90 Å². The Labute approximate surface area is 207 Å². The van der Waals surface area contributed by atoms with E-state index in [1.807, 2.05) is 23.1 Å². The maximum absolute atomic E-state index is 13.5. The second-order valence-electron chi connectivity index (χ2n) is 10.1.